The Labute approximate surface area is 195 Å². The Hall–Kier alpha value is -3.38. The van der Waals surface area contributed by atoms with Crippen molar-refractivity contribution in [2.24, 2.45) is 0 Å². The summed E-state index contributed by atoms with van der Waals surface area (Å²) in [6.45, 7) is 2.00. The average Bonchev–Trinajstić information content (AvgIpc) is 3.36. The number of fused-ring (bicyclic) bond motifs is 4. The van der Waals surface area contributed by atoms with Gasteiger partial charge < -0.3 is 0 Å². The van der Waals surface area contributed by atoms with Gasteiger partial charge >= 0.3 is 196 Å². The molecule has 0 aliphatic rings. The van der Waals surface area contributed by atoms with Crippen LogP contribution in [0, 0.1) is 6.92 Å². The van der Waals surface area contributed by atoms with Gasteiger partial charge in [0, 0.05) is 0 Å². The Morgan fingerprint density at radius 2 is 1.61 bits per heavy atom. The number of benzene rings is 3. The number of aromatic nitrogens is 3. The number of hydrogen-bond donors (Lipinski definition) is 0. The van der Waals surface area contributed by atoms with Crippen molar-refractivity contribution in [1.82, 2.24) is 14.5 Å². The van der Waals surface area contributed by atoms with E-state index in [1.165, 1.54) is 4.40 Å². The van der Waals surface area contributed by atoms with Gasteiger partial charge in [-0.2, -0.15) is 0 Å². The van der Waals surface area contributed by atoms with E-state index < -0.39 is 13.3 Å². The molecule has 33 heavy (non-hydrogen) atoms. The molecule has 5 heteroatoms. The summed E-state index contributed by atoms with van der Waals surface area (Å²) in [6.07, 6.45) is 0. The third-order valence-corrected chi connectivity index (χ3v) is 10.6. The van der Waals surface area contributed by atoms with E-state index in [0.29, 0.717) is 0 Å². The minimum absolute atomic E-state index is 0.741. The molecule has 6 aromatic rings. The Morgan fingerprint density at radius 1 is 0.788 bits per heavy atom. The van der Waals surface area contributed by atoms with E-state index in [-0.39, 0.29) is 0 Å². The van der Waals surface area contributed by atoms with E-state index in [9.17, 15) is 0 Å². The zero-order valence-corrected chi connectivity index (χ0v) is 21.4. The molecule has 162 valence electrons. The first-order valence-electron chi connectivity index (χ1n) is 11.3. The Morgan fingerprint density at radius 3 is 2.39 bits per heavy atom. The molecule has 0 fully saturated rings. The van der Waals surface area contributed by atoms with Crippen LogP contribution in [0.1, 0.15) is 5.69 Å². The van der Waals surface area contributed by atoms with E-state index in [2.05, 4.69) is 76.4 Å². The van der Waals surface area contributed by atoms with Crippen LogP contribution in [0.2, 0.25) is 17.3 Å². The number of pyridine rings is 1. The van der Waals surface area contributed by atoms with Crippen LogP contribution in [0.4, 0.5) is 0 Å². The van der Waals surface area contributed by atoms with Crippen molar-refractivity contribution in [3.63, 3.8) is 0 Å². The summed E-state index contributed by atoms with van der Waals surface area (Å²) in [6, 6.07) is 27.6. The monoisotopic (exact) mass is 493 g/mol. The second kappa shape index (κ2) is 7.32. The van der Waals surface area contributed by atoms with Gasteiger partial charge in [0.1, 0.15) is 0 Å². The number of nitrogens with zero attached hydrogens (tertiary/aromatic N) is 3. The SMILES string of the molecule is Cc1ccc2c(n1)nc(-c1cccc3c1oc1c[c]([Ge]([CH3])([CH3])[CH3])ccc13)n2-c1ccccc1. The fraction of sp³-hybridized carbons (Fsp3) is 0.143. The first-order chi connectivity index (χ1) is 15.9. The van der Waals surface area contributed by atoms with E-state index in [0.717, 1.165) is 55.9 Å². The van der Waals surface area contributed by atoms with Crippen LogP contribution in [0.15, 0.2) is 83.3 Å². The van der Waals surface area contributed by atoms with Crippen LogP contribution in [-0.2, 0) is 0 Å². The van der Waals surface area contributed by atoms with Crippen LogP contribution >= 0.6 is 0 Å². The van der Waals surface area contributed by atoms with Crippen molar-refractivity contribution in [3.05, 3.63) is 84.6 Å². The number of hydrogen-bond acceptors (Lipinski definition) is 3. The first kappa shape index (κ1) is 20.2. The minimum atomic E-state index is -1.97. The Balaban J connectivity index is 1.68. The molecule has 3 aromatic heterocycles. The summed E-state index contributed by atoms with van der Waals surface area (Å²) in [4.78, 5) is 9.71. The van der Waals surface area contributed by atoms with Gasteiger partial charge in [0.15, 0.2) is 0 Å². The van der Waals surface area contributed by atoms with Crippen molar-refractivity contribution in [2.75, 3.05) is 0 Å². The fourth-order valence-electron chi connectivity index (χ4n) is 4.52. The second-order valence-electron chi connectivity index (χ2n) is 9.65. The van der Waals surface area contributed by atoms with Crippen LogP contribution in [0.5, 0.6) is 0 Å². The molecule has 0 saturated heterocycles. The summed E-state index contributed by atoms with van der Waals surface area (Å²) in [5.41, 5.74) is 6.53. The van der Waals surface area contributed by atoms with Gasteiger partial charge in [-0.3, -0.25) is 0 Å². The molecular formula is C28H25GeN3O. The quantitative estimate of drug-likeness (QED) is 0.254. The van der Waals surface area contributed by atoms with Crippen molar-refractivity contribution in [2.45, 2.75) is 24.2 Å². The standard InChI is InChI=1S/C28H25GeN3O/c1-18-13-16-24-27(30-18)31-28(32(24)20-9-6-5-7-10-20)23-12-8-11-22-21-15-14-19(29(2,3)4)17-25(21)33-26(22)23/h5-17H,1-4H3. The molecule has 0 spiro atoms. The Kier molecular flexibility index (Phi) is 4.49. The van der Waals surface area contributed by atoms with Crippen molar-refractivity contribution in [1.29, 1.82) is 0 Å². The molecule has 0 unspecified atom stereocenters. The van der Waals surface area contributed by atoms with E-state index >= 15 is 0 Å². The summed E-state index contributed by atoms with van der Waals surface area (Å²) in [5.74, 6) is 8.07. The van der Waals surface area contributed by atoms with Gasteiger partial charge in [-0.1, -0.05) is 0 Å². The molecule has 3 heterocycles. The zero-order valence-electron chi connectivity index (χ0n) is 19.3. The summed E-state index contributed by atoms with van der Waals surface area (Å²) in [7, 11) is 0. The van der Waals surface area contributed by atoms with E-state index in [1.807, 2.05) is 31.2 Å². The molecule has 0 bridgehead atoms. The van der Waals surface area contributed by atoms with Gasteiger partial charge in [0.2, 0.25) is 0 Å². The maximum atomic E-state index is 6.54. The number of imidazole rings is 1. The summed E-state index contributed by atoms with van der Waals surface area (Å²) >= 11 is -1.97. The summed E-state index contributed by atoms with van der Waals surface area (Å²) < 4.78 is 10.2. The maximum absolute atomic E-state index is 6.54. The Bertz CT molecular complexity index is 1660. The molecule has 4 nitrogen and oxygen atoms in total. The van der Waals surface area contributed by atoms with Gasteiger partial charge in [0.25, 0.3) is 0 Å². The topological polar surface area (TPSA) is 43.9 Å². The molecule has 0 N–H and O–H groups in total. The molecule has 0 atom stereocenters. The molecule has 0 radical (unpaired) electrons. The predicted octanol–water partition coefficient (Wildman–Crippen LogP) is 6.84. The van der Waals surface area contributed by atoms with Crippen molar-refractivity contribution in [3.8, 4) is 17.1 Å². The first-order valence-corrected chi connectivity index (χ1v) is 18.6. The van der Waals surface area contributed by atoms with Gasteiger partial charge in [-0.05, 0) is 0 Å². The van der Waals surface area contributed by atoms with Crippen LogP contribution in [0.25, 0.3) is 50.2 Å². The molecule has 0 saturated carbocycles. The van der Waals surface area contributed by atoms with E-state index in [4.69, 9.17) is 14.4 Å². The van der Waals surface area contributed by atoms with E-state index in [1.54, 1.807) is 0 Å². The molecule has 3 aromatic carbocycles. The number of aryl methyl sites for hydroxylation is 1. The molecule has 0 aliphatic heterocycles. The van der Waals surface area contributed by atoms with Crippen molar-refractivity contribution < 1.29 is 4.42 Å². The van der Waals surface area contributed by atoms with Gasteiger partial charge in [-0.15, -0.1) is 0 Å². The molecule has 0 aliphatic carbocycles. The molecule has 6 rings (SSSR count). The number of para-hydroxylation sites is 2. The van der Waals surface area contributed by atoms with Crippen molar-refractivity contribution >= 4 is 50.8 Å². The third kappa shape index (κ3) is 3.28. The molecule has 0 amide bonds. The van der Waals surface area contributed by atoms with Crippen LogP contribution < -0.4 is 4.40 Å². The normalized spacial score (nSPS) is 12.2. The summed E-state index contributed by atoms with van der Waals surface area (Å²) in [5, 5.41) is 2.27. The number of furan rings is 1. The second-order valence-corrected chi connectivity index (χ2v) is 20.3. The van der Waals surface area contributed by atoms with Crippen LogP contribution in [-0.4, -0.2) is 27.8 Å². The van der Waals surface area contributed by atoms with Crippen LogP contribution in [0.3, 0.4) is 0 Å². The fourth-order valence-corrected chi connectivity index (χ4v) is 6.92. The predicted molar refractivity (Wildman–Crippen MR) is 139 cm³/mol. The molecular weight excluding hydrogens is 467 g/mol. The zero-order chi connectivity index (χ0) is 22.7. The number of rotatable bonds is 3. The third-order valence-electron chi connectivity index (χ3n) is 6.28. The van der Waals surface area contributed by atoms with Gasteiger partial charge in [0.05, 0.1) is 0 Å². The van der Waals surface area contributed by atoms with Gasteiger partial charge in [-0.25, -0.2) is 0 Å². The average molecular weight is 492 g/mol.